The number of nitrogens with one attached hydrogen (secondary N) is 1. The van der Waals surface area contributed by atoms with Crippen LogP contribution in [0.5, 0.6) is 0 Å². The van der Waals surface area contributed by atoms with Crippen molar-refractivity contribution in [2.75, 3.05) is 12.4 Å². The molecule has 31 heavy (non-hydrogen) atoms. The third-order valence-electron chi connectivity index (χ3n) is 5.05. The SMILES string of the molecule is COC(=O)c1ccc(-c2ccc3ncc(Cl)c(NC(C)c4ccccc4F)c3c2)cn1. The molecule has 0 aliphatic rings. The molecule has 2 aromatic carbocycles. The standard InChI is InChI=1S/C24H19ClFN3O2/c1-14(17-5-3-4-6-20(17)26)29-23-18-11-15(7-9-21(18)28-13-19(23)25)16-8-10-22(27-12-16)24(30)31-2/h3-14H,1-2H3,(H,28,29). The largest absolute Gasteiger partial charge is 0.464 e. The fourth-order valence-corrected chi connectivity index (χ4v) is 3.61. The van der Waals surface area contributed by atoms with E-state index in [9.17, 15) is 9.18 Å². The number of carbonyl (C=O) groups is 1. The summed E-state index contributed by atoms with van der Waals surface area (Å²) >= 11 is 6.46. The average molecular weight is 436 g/mol. The zero-order valence-corrected chi connectivity index (χ0v) is 17.7. The fourth-order valence-electron chi connectivity index (χ4n) is 3.40. The highest BCUT2D eigenvalue weighted by Crippen LogP contribution is 2.35. The van der Waals surface area contributed by atoms with E-state index in [1.165, 1.54) is 13.2 Å². The zero-order valence-electron chi connectivity index (χ0n) is 16.9. The van der Waals surface area contributed by atoms with Crippen molar-refractivity contribution in [2.45, 2.75) is 13.0 Å². The Morgan fingerprint density at radius 3 is 2.55 bits per heavy atom. The van der Waals surface area contributed by atoms with Crippen molar-refractivity contribution < 1.29 is 13.9 Å². The molecule has 4 aromatic rings. The lowest BCUT2D eigenvalue weighted by molar-refractivity contribution is 0.0594. The van der Waals surface area contributed by atoms with E-state index in [0.29, 0.717) is 16.3 Å². The minimum absolute atomic E-state index is 0.234. The van der Waals surface area contributed by atoms with Gasteiger partial charge in [-0.2, -0.15) is 0 Å². The average Bonchev–Trinajstić information content (AvgIpc) is 2.80. The predicted octanol–water partition coefficient (Wildman–Crippen LogP) is 6.05. The van der Waals surface area contributed by atoms with Crippen LogP contribution in [0.3, 0.4) is 0 Å². The molecule has 0 radical (unpaired) electrons. The first kappa shape index (κ1) is 20.8. The number of ether oxygens (including phenoxy) is 1. The van der Waals surface area contributed by atoms with Crippen LogP contribution in [0.15, 0.2) is 67.0 Å². The van der Waals surface area contributed by atoms with E-state index in [-0.39, 0.29) is 17.6 Å². The van der Waals surface area contributed by atoms with Crippen molar-refractivity contribution in [3.63, 3.8) is 0 Å². The van der Waals surface area contributed by atoms with E-state index >= 15 is 0 Å². The quantitative estimate of drug-likeness (QED) is 0.386. The van der Waals surface area contributed by atoms with Gasteiger partial charge < -0.3 is 10.1 Å². The van der Waals surface area contributed by atoms with Gasteiger partial charge in [0.25, 0.3) is 0 Å². The highest BCUT2D eigenvalue weighted by Gasteiger charge is 2.15. The van der Waals surface area contributed by atoms with E-state index in [0.717, 1.165) is 22.0 Å². The molecule has 0 amide bonds. The molecule has 5 nitrogen and oxygen atoms in total. The molecule has 0 saturated carbocycles. The van der Waals surface area contributed by atoms with Crippen molar-refractivity contribution >= 4 is 34.2 Å². The number of fused-ring (bicyclic) bond motifs is 1. The molecule has 2 aromatic heterocycles. The molecule has 0 aliphatic carbocycles. The van der Waals surface area contributed by atoms with Crippen molar-refractivity contribution in [2.24, 2.45) is 0 Å². The van der Waals surface area contributed by atoms with Gasteiger partial charge in [-0.3, -0.25) is 4.98 Å². The number of esters is 1. The van der Waals surface area contributed by atoms with Gasteiger partial charge in [-0.05, 0) is 36.8 Å². The normalized spacial score (nSPS) is 11.9. The van der Waals surface area contributed by atoms with E-state index in [4.69, 9.17) is 16.3 Å². The molecule has 7 heteroatoms. The van der Waals surface area contributed by atoms with Gasteiger partial charge in [0.15, 0.2) is 0 Å². The minimum atomic E-state index is -0.491. The fraction of sp³-hybridized carbons (Fsp3) is 0.125. The second kappa shape index (κ2) is 8.70. The number of hydrogen-bond acceptors (Lipinski definition) is 5. The molecule has 0 spiro atoms. The van der Waals surface area contributed by atoms with Gasteiger partial charge >= 0.3 is 5.97 Å². The van der Waals surface area contributed by atoms with E-state index in [2.05, 4.69) is 15.3 Å². The number of aromatic nitrogens is 2. The zero-order chi connectivity index (χ0) is 22.0. The highest BCUT2D eigenvalue weighted by molar-refractivity contribution is 6.34. The lowest BCUT2D eigenvalue weighted by atomic mass is 10.0. The minimum Gasteiger partial charge on any atom is -0.464 e. The summed E-state index contributed by atoms with van der Waals surface area (Å²) < 4.78 is 18.9. The Morgan fingerprint density at radius 1 is 1.06 bits per heavy atom. The summed E-state index contributed by atoms with van der Waals surface area (Å²) in [6.07, 6.45) is 3.19. The number of carbonyl (C=O) groups excluding carboxylic acids is 1. The number of rotatable bonds is 5. The summed E-state index contributed by atoms with van der Waals surface area (Å²) in [5.41, 5.74) is 3.89. The summed E-state index contributed by atoms with van der Waals surface area (Å²) in [7, 11) is 1.31. The van der Waals surface area contributed by atoms with Gasteiger partial charge in [0.1, 0.15) is 11.5 Å². The van der Waals surface area contributed by atoms with Crippen LogP contribution in [0.25, 0.3) is 22.0 Å². The van der Waals surface area contributed by atoms with E-state index in [1.54, 1.807) is 42.7 Å². The first-order chi connectivity index (χ1) is 15.0. The molecule has 0 aliphatic heterocycles. The molecule has 2 heterocycles. The maximum Gasteiger partial charge on any atom is 0.356 e. The van der Waals surface area contributed by atoms with Gasteiger partial charge in [-0.1, -0.05) is 41.9 Å². The molecule has 1 N–H and O–H groups in total. The van der Waals surface area contributed by atoms with Crippen LogP contribution in [0.2, 0.25) is 5.02 Å². The smallest absolute Gasteiger partial charge is 0.356 e. The molecule has 156 valence electrons. The lowest BCUT2D eigenvalue weighted by Crippen LogP contribution is -2.09. The van der Waals surface area contributed by atoms with Crippen LogP contribution in [-0.4, -0.2) is 23.0 Å². The first-order valence-corrected chi connectivity index (χ1v) is 9.99. The van der Waals surface area contributed by atoms with Crippen molar-refractivity contribution in [1.29, 1.82) is 0 Å². The number of halogens is 2. The summed E-state index contributed by atoms with van der Waals surface area (Å²) in [5, 5.41) is 4.57. The van der Waals surface area contributed by atoms with E-state index in [1.807, 2.05) is 25.1 Å². The summed E-state index contributed by atoms with van der Waals surface area (Å²) in [6, 6.07) is 15.5. The second-order valence-corrected chi connectivity index (χ2v) is 7.43. The van der Waals surface area contributed by atoms with Crippen LogP contribution in [0.1, 0.15) is 29.0 Å². The van der Waals surface area contributed by atoms with E-state index < -0.39 is 5.97 Å². The van der Waals surface area contributed by atoms with Crippen molar-refractivity contribution in [3.8, 4) is 11.1 Å². The van der Waals surface area contributed by atoms with Crippen molar-refractivity contribution in [3.05, 3.63) is 89.1 Å². The van der Waals surface area contributed by atoms with Gasteiger partial charge in [0.2, 0.25) is 0 Å². The number of anilines is 1. The molecule has 1 atom stereocenters. The Kier molecular flexibility index (Phi) is 5.82. The van der Waals surface area contributed by atoms with Gasteiger partial charge in [0.05, 0.1) is 29.4 Å². The lowest BCUT2D eigenvalue weighted by Gasteiger charge is -2.19. The molecular weight excluding hydrogens is 417 g/mol. The molecule has 4 rings (SSSR count). The Bertz CT molecular complexity index is 1260. The maximum atomic E-state index is 14.2. The number of pyridine rings is 2. The Hall–Kier alpha value is -3.51. The number of benzene rings is 2. The van der Waals surface area contributed by atoms with Crippen LogP contribution >= 0.6 is 11.6 Å². The Labute approximate surface area is 183 Å². The Morgan fingerprint density at radius 2 is 1.84 bits per heavy atom. The summed E-state index contributed by atoms with van der Waals surface area (Å²) in [5.74, 6) is -0.774. The first-order valence-electron chi connectivity index (χ1n) is 9.62. The predicted molar refractivity (Wildman–Crippen MR) is 120 cm³/mol. The van der Waals surface area contributed by atoms with Gasteiger partial charge in [-0.25, -0.2) is 14.2 Å². The highest BCUT2D eigenvalue weighted by atomic mass is 35.5. The monoisotopic (exact) mass is 435 g/mol. The van der Waals surface area contributed by atoms with Crippen LogP contribution in [0.4, 0.5) is 10.1 Å². The van der Waals surface area contributed by atoms with Crippen LogP contribution < -0.4 is 5.32 Å². The second-order valence-electron chi connectivity index (χ2n) is 7.02. The third kappa shape index (κ3) is 4.20. The molecule has 0 fully saturated rings. The Balaban J connectivity index is 1.73. The topological polar surface area (TPSA) is 64.1 Å². The maximum absolute atomic E-state index is 14.2. The molecule has 1 unspecified atom stereocenters. The molecular formula is C24H19ClFN3O2. The van der Waals surface area contributed by atoms with Crippen LogP contribution in [-0.2, 0) is 4.74 Å². The van der Waals surface area contributed by atoms with Crippen LogP contribution in [0, 0.1) is 5.82 Å². The molecule has 0 bridgehead atoms. The number of hydrogen-bond donors (Lipinski definition) is 1. The molecule has 0 saturated heterocycles. The third-order valence-corrected chi connectivity index (χ3v) is 5.33. The number of nitrogens with zero attached hydrogens (tertiary/aromatic N) is 2. The summed E-state index contributed by atoms with van der Waals surface area (Å²) in [6.45, 7) is 1.88. The summed E-state index contributed by atoms with van der Waals surface area (Å²) in [4.78, 5) is 20.2. The van der Waals surface area contributed by atoms with Crippen molar-refractivity contribution in [1.82, 2.24) is 9.97 Å². The van der Waals surface area contributed by atoms with Gasteiger partial charge in [0, 0.05) is 28.9 Å². The number of methoxy groups -OCH3 is 1. The van der Waals surface area contributed by atoms with Gasteiger partial charge in [-0.15, -0.1) is 0 Å².